The molecule has 4 heteroatoms. The molecule has 0 aliphatic carbocycles. The highest BCUT2D eigenvalue weighted by atomic mass is 15.2. The summed E-state index contributed by atoms with van der Waals surface area (Å²) in [5.41, 5.74) is 8.43. The molecule has 1 aliphatic heterocycles. The third-order valence-electron chi connectivity index (χ3n) is 4.03. The van der Waals surface area contributed by atoms with E-state index in [4.69, 9.17) is 5.73 Å². The molecular weight excluding hydrogens is 236 g/mol. The van der Waals surface area contributed by atoms with Gasteiger partial charge in [0.05, 0.1) is 17.6 Å². The largest absolute Gasteiger partial charge is 0.369 e. The quantitative estimate of drug-likeness (QED) is 0.910. The molecule has 1 fully saturated rings. The van der Waals surface area contributed by atoms with Crippen molar-refractivity contribution in [3.8, 4) is 0 Å². The summed E-state index contributed by atoms with van der Waals surface area (Å²) in [7, 11) is 0. The fraction of sp³-hybridized carbons (Fsp3) is 0.733. The van der Waals surface area contributed by atoms with Gasteiger partial charge in [-0.05, 0) is 18.3 Å². The summed E-state index contributed by atoms with van der Waals surface area (Å²) >= 11 is 0. The lowest BCUT2D eigenvalue weighted by Gasteiger charge is -2.38. The van der Waals surface area contributed by atoms with Crippen LogP contribution in [0.2, 0.25) is 0 Å². The zero-order valence-electron chi connectivity index (χ0n) is 12.6. The molecular formula is C15H26N4. The molecule has 0 saturated carbocycles. The van der Waals surface area contributed by atoms with Crippen LogP contribution in [0.5, 0.6) is 0 Å². The molecule has 0 spiro atoms. The first-order chi connectivity index (χ1) is 8.93. The molecule has 0 amide bonds. The molecule has 19 heavy (non-hydrogen) atoms. The van der Waals surface area contributed by atoms with Gasteiger partial charge in [-0.1, -0.05) is 27.7 Å². The first-order valence-corrected chi connectivity index (χ1v) is 7.24. The third kappa shape index (κ3) is 3.24. The van der Waals surface area contributed by atoms with Gasteiger partial charge in [-0.3, -0.25) is 0 Å². The number of nitrogens with zero attached hydrogens (tertiary/aromatic N) is 3. The van der Waals surface area contributed by atoms with Crippen molar-refractivity contribution in [1.82, 2.24) is 9.97 Å². The predicted molar refractivity (Wildman–Crippen MR) is 79.2 cm³/mol. The van der Waals surface area contributed by atoms with Crippen LogP contribution in [0, 0.1) is 5.41 Å². The monoisotopic (exact) mass is 262 g/mol. The molecule has 106 valence electrons. The van der Waals surface area contributed by atoms with Gasteiger partial charge >= 0.3 is 0 Å². The van der Waals surface area contributed by atoms with E-state index in [1.54, 1.807) is 0 Å². The summed E-state index contributed by atoms with van der Waals surface area (Å²) in [6, 6.07) is 0. The fourth-order valence-electron chi connectivity index (χ4n) is 2.47. The summed E-state index contributed by atoms with van der Waals surface area (Å²) in [5, 5.41) is 0. The number of anilines is 1. The summed E-state index contributed by atoms with van der Waals surface area (Å²) in [5.74, 6) is 1.24. The Morgan fingerprint density at radius 2 is 1.95 bits per heavy atom. The number of piperidine rings is 1. The third-order valence-corrected chi connectivity index (χ3v) is 4.03. The molecule has 0 unspecified atom stereocenters. The van der Waals surface area contributed by atoms with E-state index in [1.807, 2.05) is 6.20 Å². The highest BCUT2D eigenvalue weighted by Crippen LogP contribution is 2.33. The van der Waals surface area contributed by atoms with E-state index in [-0.39, 0.29) is 0 Å². The van der Waals surface area contributed by atoms with Gasteiger partial charge in [-0.25, -0.2) is 9.97 Å². The van der Waals surface area contributed by atoms with Crippen molar-refractivity contribution in [2.45, 2.75) is 53.0 Å². The highest BCUT2D eigenvalue weighted by Gasteiger charge is 2.26. The summed E-state index contributed by atoms with van der Waals surface area (Å²) in [4.78, 5) is 11.5. The Morgan fingerprint density at radius 1 is 1.32 bits per heavy atom. The lowest BCUT2D eigenvalue weighted by atomic mass is 9.82. The topological polar surface area (TPSA) is 55.0 Å². The molecule has 0 atom stereocenters. The molecule has 0 radical (unpaired) electrons. The van der Waals surface area contributed by atoms with Crippen molar-refractivity contribution in [2.75, 3.05) is 18.0 Å². The van der Waals surface area contributed by atoms with E-state index in [0.717, 1.165) is 30.3 Å². The number of aromatic nitrogens is 2. The van der Waals surface area contributed by atoms with Crippen LogP contribution in [0.15, 0.2) is 6.20 Å². The second-order valence-corrected chi connectivity index (χ2v) is 6.57. The van der Waals surface area contributed by atoms with Crippen LogP contribution in [0.1, 0.15) is 58.0 Å². The van der Waals surface area contributed by atoms with Crippen LogP contribution in [-0.2, 0) is 6.54 Å². The van der Waals surface area contributed by atoms with Gasteiger partial charge in [-0.2, -0.15) is 0 Å². The fourth-order valence-corrected chi connectivity index (χ4v) is 2.47. The Hall–Kier alpha value is -1.16. The van der Waals surface area contributed by atoms with Crippen molar-refractivity contribution < 1.29 is 0 Å². The van der Waals surface area contributed by atoms with Crippen molar-refractivity contribution in [1.29, 1.82) is 0 Å². The molecule has 0 bridgehead atoms. The summed E-state index contributed by atoms with van der Waals surface area (Å²) < 4.78 is 0. The molecule has 1 aromatic rings. The van der Waals surface area contributed by atoms with Gasteiger partial charge in [0, 0.05) is 25.6 Å². The number of rotatable bonds is 3. The molecule has 4 nitrogen and oxygen atoms in total. The van der Waals surface area contributed by atoms with Crippen molar-refractivity contribution in [3.63, 3.8) is 0 Å². The SMILES string of the molecule is CC(C)c1ncc(N2CCC(C)(C)CC2)c(CN)n1. The van der Waals surface area contributed by atoms with E-state index >= 15 is 0 Å². The molecule has 2 heterocycles. The van der Waals surface area contributed by atoms with Gasteiger partial charge in [0.2, 0.25) is 0 Å². The number of hydrogen-bond donors (Lipinski definition) is 1. The zero-order valence-corrected chi connectivity index (χ0v) is 12.6. The molecule has 1 aromatic heterocycles. The minimum atomic E-state index is 0.347. The smallest absolute Gasteiger partial charge is 0.131 e. The van der Waals surface area contributed by atoms with Crippen LogP contribution in [0.3, 0.4) is 0 Å². The van der Waals surface area contributed by atoms with Crippen LogP contribution < -0.4 is 10.6 Å². The average molecular weight is 262 g/mol. The minimum Gasteiger partial charge on any atom is -0.369 e. The Labute approximate surface area is 116 Å². The molecule has 2 rings (SSSR count). The van der Waals surface area contributed by atoms with Gasteiger partial charge in [0.25, 0.3) is 0 Å². The van der Waals surface area contributed by atoms with Gasteiger partial charge in [0.15, 0.2) is 0 Å². The zero-order chi connectivity index (χ0) is 14.0. The maximum absolute atomic E-state index is 5.86. The Bertz CT molecular complexity index is 430. The van der Waals surface area contributed by atoms with Crippen LogP contribution in [-0.4, -0.2) is 23.1 Å². The maximum Gasteiger partial charge on any atom is 0.131 e. The summed E-state index contributed by atoms with van der Waals surface area (Å²) in [6.07, 6.45) is 4.38. The van der Waals surface area contributed by atoms with Crippen molar-refractivity contribution in [2.24, 2.45) is 11.1 Å². The number of nitrogens with two attached hydrogens (primary N) is 1. The standard InChI is InChI=1S/C15H26N4/c1-11(2)14-17-10-13(12(9-16)18-14)19-7-5-15(3,4)6-8-19/h10-11H,5-9,16H2,1-4H3. The second kappa shape index (κ2) is 5.45. The molecule has 1 aliphatic rings. The second-order valence-electron chi connectivity index (χ2n) is 6.57. The molecule has 2 N–H and O–H groups in total. The van der Waals surface area contributed by atoms with Crippen LogP contribution in [0.25, 0.3) is 0 Å². The first kappa shape index (κ1) is 14.3. The Balaban J connectivity index is 2.21. The minimum absolute atomic E-state index is 0.347. The van der Waals surface area contributed by atoms with Gasteiger partial charge in [-0.15, -0.1) is 0 Å². The Kier molecular flexibility index (Phi) is 4.09. The lowest BCUT2D eigenvalue weighted by molar-refractivity contribution is 0.279. The van der Waals surface area contributed by atoms with Crippen molar-refractivity contribution >= 4 is 5.69 Å². The average Bonchev–Trinajstić information content (AvgIpc) is 2.38. The molecule has 0 aromatic carbocycles. The first-order valence-electron chi connectivity index (χ1n) is 7.24. The van der Waals surface area contributed by atoms with E-state index in [2.05, 4.69) is 42.6 Å². The van der Waals surface area contributed by atoms with E-state index in [9.17, 15) is 0 Å². The lowest BCUT2D eigenvalue weighted by Crippen LogP contribution is -2.38. The predicted octanol–water partition coefficient (Wildman–Crippen LogP) is 2.69. The van der Waals surface area contributed by atoms with E-state index in [0.29, 0.717) is 17.9 Å². The van der Waals surface area contributed by atoms with Crippen LogP contribution >= 0.6 is 0 Å². The van der Waals surface area contributed by atoms with Gasteiger partial charge < -0.3 is 10.6 Å². The highest BCUT2D eigenvalue weighted by molar-refractivity contribution is 5.49. The van der Waals surface area contributed by atoms with Gasteiger partial charge in [0.1, 0.15) is 5.82 Å². The molecule has 1 saturated heterocycles. The van der Waals surface area contributed by atoms with E-state index in [1.165, 1.54) is 12.8 Å². The Morgan fingerprint density at radius 3 is 2.47 bits per heavy atom. The maximum atomic E-state index is 5.86. The van der Waals surface area contributed by atoms with E-state index < -0.39 is 0 Å². The summed E-state index contributed by atoms with van der Waals surface area (Å²) in [6.45, 7) is 11.5. The van der Waals surface area contributed by atoms with Crippen LogP contribution in [0.4, 0.5) is 5.69 Å². The van der Waals surface area contributed by atoms with Crippen molar-refractivity contribution in [3.05, 3.63) is 17.7 Å². The normalized spacial score (nSPS) is 18.9. The number of hydrogen-bond acceptors (Lipinski definition) is 4.